The maximum atomic E-state index is 2.74. The van der Waals surface area contributed by atoms with E-state index >= 15 is 0 Å². The highest BCUT2D eigenvalue weighted by molar-refractivity contribution is 7.00. The third-order valence-electron chi connectivity index (χ3n) is 20.0. The van der Waals surface area contributed by atoms with E-state index < -0.39 is 0 Å². The average molecular weight is 1140 g/mol. The van der Waals surface area contributed by atoms with Crippen LogP contribution in [0.25, 0.3) is 137 Å². The summed E-state index contributed by atoms with van der Waals surface area (Å²) in [5, 5.41) is 18.0. The monoisotopic (exact) mass is 1130 g/mol. The predicted molar refractivity (Wildman–Crippen MR) is 384 cm³/mol. The summed E-state index contributed by atoms with van der Waals surface area (Å²) in [4.78, 5) is 2.63. The molecule has 0 saturated heterocycles. The van der Waals surface area contributed by atoms with Crippen molar-refractivity contribution in [2.75, 3.05) is 4.90 Å². The van der Waals surface area contributed by atoms with Gasteiger partial charge in [-0.2, -0.15) is 0 Å². The molecule has 0 bridgehead atoms. The lowest BCUT2D eigenvalue weighted by atomic mass is 9.33. The van der Waals surface area contributed by atoms with Crippen molar-refractivity contribution in [1.29, 1.82) is 0 Å². The van der Waals surface area contributed by atoms with Crippen molar-refractivity contribution in [2.24, 2.45) is 0 Å². The van der Waals surface area contributed by atoms with Crippen LogP contribution in [0.3, 0.4) is 0 Å². The number of hydrogen-bond donors (Lipinski definition) is 0. The summed E-state index contributed by atoms with van der Waals surface area (Å²) in [6, 6.07) is 104. The highest BCUT2D eigenvalue weighted by Gasteiger charge is 2.44. The lowest BCUT2D eigenvalue weighted by molar-refractivity contribution is 0.590. The Bertz CT molecular complexity index is 5570. The summed E-state index contributed by atoms with van der Waals surface area (Å²) in [7, 11) is 0. The fourth-order valence-corrected chi connectivity index (χ4v) is 15.9. The molecule has 0 N–H and O–H groups in total. The summed E-state index contributed by atoms with van der Waals surface area (Å²) < 4.78 is 2.74. The van der Waals surface area contributed by atoms with E-state index in [1.807, 2.05) is 0 Å². The number of hydrogen-bond acceptors (Lipinski definition) is 1. The van der Waals surface area contributed by atoms with E-state index in [-0.39, 0.29) is 17.5 Å². The second-order valence-corrected chi connectivity index (χ2v) is 27.1. The van der Waals surface area contributed by atoms with E-state index in [1.165, 1.54) is 170 Å². The Morgan fingerprint density at radius 3 is 1.28 bits per heavy atom. The van der Waals surface area contributed by atoms with E-state index in [1.54, 1.807) is 0 Å². The summed E-state index contributed by atoms with van der Waals surface area (Å²) in [5.74, 6) is 0. The zero-order valence-corrected chi connectivity index (χ0v) is 51.0. The minimum absolute atomic E-state index is 0.0255. The molecule has 0 spiro atoms. The molecule has 3 heteroatoms. The second kappa shape index (κ2) is 19.0. The molecule has 0 amide bonds. The molecule has 18 rings (SSSR count). The van der Waals surface area contributed by atoms with Crippen LogP contribution >= 0.6 is 0 Å². The van der Waals surface area contributed by atoms with Crippen LogP contribution in [0.4, 0.5) is 17.1 Å². The molecule has 3 heterocycles. The van der Waals surface area contributed by atoms with Gasteiger partial charge in [-0.25, -0.2) is 0 Å². The van der Waals surface area contributed by atoms with Crippen molar-refractivity contribution in [3.05, 3.63) is 284 Å². The van der Waals surface area contributed by atoms with Gasteiger partial charge < -0.3 is 9.47 Å². The number of benzene rings is 15. The molecule has 0 unspecified atom stereocenters. The van der Waals surface area contributed by atoms with Crippen molar-refractivity contribution in [2.45, 2.75) is 52.4 Å². The molecule has 2 aliphatic heterocycles. The topological polar surface area (TPSA) is 8.17 Å². The Labute approximate surface area is 519 Å². The van der Waals surface area contributed by atoms with E-state index in [4.69, 9.17) is 0 Å². The van der Waals surface area contributed by atoms with E-state index in [9.17, 15) is 0 Å². The summed E-state index contributed by atoms with van der Waals surface area (Å²) >= 11 is 0. The molecule has 0 atom stereocenters. The van der Waals surface area contributed by atoms with Crippen LogP contribution in [0.2, 0.25) is 0 Å². The highest BCUT2D eigenvalue weighted by atomic mass is 15.2. The third kappa shape index (κ3) is 7.58. The molecule has 1 aromatic heterocycles. The lowest BCUT2D eigenvalue weighted by Gasteiger charge is -2.41. The van der Waals surface area contributed by atoms with Gasteiger partial charge in [-0.05, 0) is 185 Å². The van der Waals surface area contributed by atoms with Crippen LogP contribution < -0.4 is 21.3 Å². The maximum absolute atomic E-state index is 2.74. The van der Waals surface area contributed by atoms with E-state index in [2.05, 4.69) is 324 Å². The molecule has 89 heavy (non-hydrogen) atoms. The first-order valence-electron chi connectivity index (χ1n) is 31.6. The number of rotatable bonds is 5. The normalized spacial score (nSPS) is 13.0. The van der Waals surface area contributed by atoms with Crippen LogP contribution in [0.1, 0.15) is 52.7 Å². The van der Waals surface area contributed by atoms with Gasteiger partial charge in [-0.3, -0.25) is 0 Å². The Hall–Kier alpha value is -10.5. The summed E-state index contributed by atoms with van der Waals surface area (Å²) in [5.41, 5.74) is 23.1. The average Bonchev–Trinajstić information content (AvgIpc) is 1.59. The quantitative estimate of drug-likeness (QED) is 0.123. The van der Waals surface area contributed by atoms with Crippen molar-refractivity contribution in [3.63, 3.8) is 0 Å². The van der Waals surface area contributed by atoms with Crippen LogP contribution in [-0.2, 0) is 10.8 Å². The highest BCUT2D eigenvalue weighted by Crippen LogP contribution is 2.53. The maximum Gasteiger partial charge on any atom is 0.252 e. The molecule has 15 aromatic carbocycles. The molecule has 420 valence electrons. The fourth-order valence-electron chi connectivity index (χ4n) is 15.9. The molecule has 0 aliphatic carbocycles. The van der Waals surface area contributed by atoms with E-state index in [0.717, 1.165) is 11.3 Å². The zero-order chi connectivity index (χ0) is 59.6. The zero-order valence-electron chi connectivity index (χ0n) is 51.0. The molecular weight excluding hydrogens is 1070 g/mol. The van der Waals surface area contributed by atoms with Crippen LogP contribution in [0.15, 0.2) is 273 Å². The van der Waals surface area contributed by atoms with Gasteiger partial charge in [0.2, 0.25) is 0 Å². The minimum Gasteiger partial charge on any atom is -0.311 e. The standard InChI is InChI=1S/C86H63BN2/c1-85(2,3)57-38-41-59(42-39-57)88-74-44-40-58(86(4,5)6)50-72(74)87-73-51-71-65-35-19-17-31-61(65)63-33-21-23-37-67(63)80(71)82-81-75(45-43-68-64-34-18-16-30-60(64)62-32-20-22-36-66(62)79(68)81)89(84(73)82)77-49-56(48-76(88)83(77)87)78-69(53-26-12-8-13-27-53)46-55(52-24-10-7-11-25-52)47-70(78)54-28-14-9-15-29-54/h7-51H,1-6H3. The largest absolute Gasteiger partial charge is 0.311 e. The van der Waals surface area contributed by atoms with Crippen molar-refractivity contribution >= 4 is 127 Å². The van der Waals surface area contributed by atoms with Crippen LogP contribution in [-0.4, -0.2) is 11.3 Å². The Kier molecular flexibility index (Phi) is 11.0. The van der Waals surface area contributed by atoms with Crippen molar-refractivity contribution < 1.29 is 0 Å². The Morgan fingerprint density at radius 2 is 0.742 bits per heavy atom. The first kappa shape index (κ1) is 51.7. The molecule has 0 saturated carbocycles. The number of aromatic nitrogens is 1. The smallest absolute Gasteiger partial charge is 0.252 e. The summed E-state index contributed by atoms with van der Waals surface area (Å²) in [6.45, 7) is 13.9. The molecule has 2 aliphatic rings. The molecular formula is C86H63BN2. The Balaban J connectivity index is 1.09. The lowest BCUT2D eigenvalue weighted by Crippen LogP contribution is -2.60. The van der Waals surface area contributed by atoms with Crippen LogP contribution in [0.5, 0.6) is 0 Å². The van der Waals surface area contributed by atoms with Gasteiger partial charge >= 0.3 is 0 Å². The van der Waals surface area contributed by atoms with Gasteiger partial charge in [0.1, 0.15) is 0 Å². The fraction of sp³-hybridized carbons (Fsp3) is 0.0930. The third-order valence-corrected chi connectivity index (χ3v) is 20.0. The molecule has 16 aromatic rings. The predicted octanol–water partition coefficient (Wildman–Crippen LogP) is 21.6. The van der Waals surface area contributed by atoms with Gasteiger partial charge in [0.15, 0.2) is 0 Å². The minimum atomic E-state index is -0.142. The molecule has 0 radical (unpaired) electrons. The van der Waals surface area contributed by atoms with Crippen molar-refractivity contribution in [3.8, 4) is 50.2 Å². The van der Waals surface area contributed by atoms with Gasteiger partial charge in [-0.1, -0.05) is 266 Å². The van der Waals surface area contributed by atoms with Crippen LogP contribution in [0, 0.1) is 0 Å². The number of fused-ring (bicyclic) bond motifs is 21. The first-order valence-corrected chi connectivity index (χ1v) is 31.6. The Morgan fingerprint density at radius 1 is 0.292 bits per heavy atom. The van der Waals surface area contributed by atoms with Gasteiger partial charge in [0.25, 0.3) is 6.71 Å². The number of anilines is 3. The van der Waals surface area contributed by atoms with E-state index in [0.29, 0.717) is 0 Å². The van der Waals surface area contributed by atoms with Gasteiger partial charge in [0.05, 0.1) is 11.0 Å². The molecule has 0 fully saturated rings. The SMILES string of the molecule is CC(C)(C)c1ccc(N2c3ccc(C(C)(C)C)cc3B3c4c2cc(-c2c(-c5ccccc5)cc(-c5ccccc5)cc2-c2ccccc2)cc4-n2c4ccc5c6ccccc6c6ccccc6c5c4c4c5c6ccccc6c6ccccc6c5cc3c42)cc1. The van der Waals surface area contributed by atoms with Gasteiger partial charge in [0, 0.05) is 44.3 Å². The molecule has 2 nitrogen and oxygen atoms in total. The summed E-state index contributed by atoms with van der Waals surface area (Å²) in [6.07, 6.45) is 0. The first-order chi connectivity index (χ1) is 43.5. The number of nitrogens with zero attached hydrogens (tertiary/aromatic N) is 2. The van der Waals surface area contributed by atoms with Crippen molar-refractivity contribution in [1.82, 2.24) is 4.57 Å². The second-order valence-electron chi connectivity index (χ2n) is 27.1. The van der Waals surface area contributed by atoms with Gasteiger partial charge in [-0.15, -0.1) is 0 Å².